The second-order valence-corrected chi connectivity index (χ2v) is 12.2. The molecule has 6 aromatic heterocycles. The molecule has 2 atom stereocenters. The van der Waals surface area contributed by atoms with Crippen LogP contribution in [0.2, 0.25) is 0 Å². The van der Waals surface area contributed by atoms with Gasteiger partial charge in [0.15, 0.2) is 0 Å². The zero-order valence-electron chi connectivity index (χ0n) is 29.7. The van der Waals surface area contributed by atoms with E-state index in [1.807, 2.05) is 60.9 Å². The molecule has 0 spiro atoms. The second kappa shape index (κ2) is 15.5. The van der Waals surface area contributed by atoms with Crippen molar-refractivity contribution in [3.8, 4) is 23.8 Å². The maximum atomic E-state index is 13.9. The van der Waals surface area contributed by atoms with E-state index >= 15 is 0 Å². The standard InChI is InChI=1S/2C19H15FN8/c1-11(26-18-13(9-21)17(22)24-10-25-18)19-27-14-8-12(20)5-6-15(14)28(19)16-4-2-3-7-23-16;1-11(26-18-13(9-21)17(22)24-10-25-18)19-27-14-6-5-12(20)8-15(14)28(19)16-4-2-3-7-23-16/h2*2-8,10-11H,1H3,(H3,22,24,25,26). The lowest BCUT2D eigenvalue weighted by atomic mass is 10.2. The third-order valence-electron chi connectivity index (χ3n) is 8.50. The van der Waals surface area contributed by atoms with Gasteiger partial charge in [0.2, 0.25) is 0 Å². The summed E-state index contributed by atoms with van der Waals surface area (Å²) in [7, 11) is 0. The van der Waals surface area contributed by atoms with Crippen molar-refractivity contribution in [3.05, 3.63) is 132 Å². The first kappa shape index (κ1) is 36.2. The van der Waals surface area contributed by atoms with E-state index < -0.39 is 0 Å². The topological polar surface area (TPSA) is 237 Å². The number of aromatic nitrogens is 10. The van der Waals surface area contributed by atoms with Gasteiger partial charge >= 0.3 is 0 Å². The number of pyridine rings is 2. The Hall–Kier alpha value is -8.12. The Labute approximate surface area is 317 Å². The molecule has 8 aromatic rings. The monoisotopic (exact) mass is 748 g/mol. The number of halogens is 2. The van der Waals surface area contributed by atoms with Gasteiger partial charge in [-0.1, -0.05) is 12.1 Å². The predicted octanol–water partition coefficient (Wildman–Crippen LogP) is 5.95. The Kier molecular flexibility index (Phi) is 10.0. The van der Waals surface area contributed by atoms with Gasteiger partial charge in [0.1, 0.15) is 94.1 Å². The third-order valence-corrected chi connectivity index (χ3v) is 8.50. The van der Waals surface area contributed by atoms with Gasteiger partial charge < -0.3 is 22.1 Å². The highest BCUT2D eigenvalue weighted by Gasteiger charge is 2.23. The molecule has 276 valence electrons. The molecule has 0 aliphatic carbocycles. The molecule has 2 aromatic carbocycles. The van der Waals surface area contributed by atoms with Gasteiger partial charge in [0.05, 0.1) is 34.2 Å². The lowest BCUT2D eigenvalue weighted by molar-refractivity contribution is 0.628. The molecule has 0 saturated heterocycles. The van der Waals surface area contributed by atoms with Crippen molar-refractivity contribution in [2.45, 2.75) is 25.9 Å². The van der Waals surface area contributed by atoms with Gasteiger partial charge in [-0.2, -0.15) is 10.5 Å². The van der Waals surface area contributed by atoms with Crippen LogP contribution in [0.4, 0.5) is 32.1 Å². The molecule has 6 N–H and O–H groups in total. The molecule has 16 nitrogen and oxygen atoms in total. The van der Waals surface area contributed by atoms with Crippen molar-refractivity contribution >= 4 is 45.3 Å². The molecular weight excluding hydrogens is 719 g/mol. The van der Waals surface area contributed by atoms with Crippen LogP contribution < -0.4 is 22.1 Å². The Bertz CT molecular complexity index is 2700. The van der Waals surface area contributed by atoms with Crippen LogP contribution in [0, 0.1) is 34.3 Å². The van der Waals surface area contributed by atoms with E-state index in [1.165, 1.54) is 36.9 Å². The van der Waals surface area contributed by atoms with Crippen LogP contribution in [0.1, 0.15) is 48.7 Å². The number of nitrogens with one attached hydrogen (secondary N) is 2. The first-order valence-corrected chi connectivity index (χ1v) is 16.9. The molecule has 0 saturated carbocycles. The second-order valence-electron chi connectivity index (χ2n) is 12.2. The summed E-state index contributed by atoms with van der Waals surface area (Å²) < 4.78 is 31.2. The lowest BCUT2D eigenvalue weighted by Crippen LogP contribution is -2.16. The maximum absolute atomic E-state index is 13.9. The quantitative estimate of drug-likeness (QED) is 0.140. The first-order valence-electron chi connectivity index (χ1n) is 16.9. The van der Waals surface area contributed by atoms with Crippen LogP contribution in [0.5, 0.6) is 0 Å². The van der Waals surface area contributed by atoms with Gasteiger partial charge in [-0.05, 0) is 62.4 Å². The summed E-state index contributed by atoms with van der Waals surface area (Å²) in [5.41, 5.74) is 14.2. The largest absolute Gasteiger partial charge is 0.382 e. The molecule has 0 radical (unpaired) electrons. The van der Waals surface area contributed by atoms with Crippen LogP contribution in [-0.2, 0) is 0 Å². The number of hydrogen-bond donors (Lipinski definition) is 4. The number of benzene rings is 2. The first-order chi connectivity index (χ1) is 27.2. The molecular formula is C38H30F2N16. The number of nitrogens with two attached hydrogens (primary N) is 2. The van der Waals surface area contributed by atoms with Crippen molar-refractivity contribution < 1.29 is 8.78 Å². The van der Waals surface area contributed by atoms with Crippen LogP contribution >= 0.6 is 0 Å². The summed E-state index contributed by atoms with van der Waals surface area (Å²) in [6.07, 6.45) is 5.89. The number of hydrogen-bond acceptors (Lipinski definition) is 14. The fraction of sp³-hybridized carbons (Fsp3) is 0.105. The third kappa shape index (κ3) is 7.13. The highest BCUT2D eigenvalue weighted by Crippen LogP contribution is 2.30. The zero-order chi connectivity index (χ0) is 39.3. The summed E-state index contributed by atoms with van der Waals surface area (Å²) >= 11 is 0. The van der Waals surface area contributed by atoms with E-state index in [2.05, 4.69) is 50.5 Å². The molecule has 18 heteroatoms. The van der Waals surface area contributed by atoms with E-state index in [4.69, 9.17) is 11.5 Å². The Morgan fingerprint density at radius 1 is 0.607 bits per heavy atom. The Morgan fingerprint density at radius 2 is 1.11 bits per heavy atom. The minimum absolute atomic E-state index is 0.0903. The smallest absolute Gasteiger partial charge is 0.150 e. The molecule has 0 aliphatic rings. The molecule has 2 unspecified atom stereocenters. The van der Waals surface area contributed by atoms with Gasteiger partial charge in [0.25, 0.3) is 0 Å². The molecule has 8 rings (SSSR count). The number of rotatable bonds is 8. The molecule has 56 heavy (non-hydrogen) atoms. The van der Waals surface area contributed by atoms with E-state index in [9.17, 15) is 19.3 Å². The summed E-state index contributed by atoms with van der Waals surface area (Å²) in [6, 6.07) is 23.0. The van der Waals surface area contributed by atoms with E-state index in [0.29, 0.717) is 57.0 Å². The fourth-order valence-corrected chi connectivity index (χ4v) is 5.95. The molecule has 6 heterocycles. The minimum atomic E-state index is -0.390. The number of imidazole rings is 2. The van der Waals surface area contributed by atoms with E-state index in [-0.39, 0.29) is 46.5 Å². The number of anilines is 4. The van der Waals surface area contributed by atoms with Crippen LogP contribution in [0.3, 0.4) is 0 Å². The van der Waals surface area contributed by atoms with Crippen molar-refractivity contribution in [2.24, 2.45) is 0 Å². The normalized spacial score (nSPS) is 11.9. The minimum Gasteiger partial charge on any atom is -0.382 e. The van der Waals surface area contributed by atoms with E-state index in [0.717, 1.165) is 0 Å². The number of nitrogens with zero attached hydrogens (tertiary/aromatic N) is 12. The average Bonchev–Trinajstić information content (AvgIpc) is 3.78. The predicted molar refractivity (Wildman–Crippen MR) is 204 cm³/mol. The highest BCUT2D eigenvalue weighted by molar-refractivity contribution is 5.79. The molecule has 0 fully saturated rings. The molecule has 0 amide bonds. The molecule has 0 aliphatic heterocycles. The SMILES string of the molecule is CC(Nc1ncnc(N)c1C#N)c1nc2cc(F)ccc2n1-c1ccccn1.CC(Nc1ncnc(N)c1C#N)c1nc2ccc(F)cc2n1-c1ccccn1. The van der Waals surface area contributed by atoms with Crippen LogP contribution in [-0.4, -0.2) is 49.0 Å². The van der Waals surface area contributed by atoms with Gasteiger partial charge in [-0.15, -0.1) is 0 Å². The van der Waals surface area contributed by atoms with Crippen molar-refractivity contribution in [1.29, 1.82) is 10.5 Å². The number of nitrogen functional groups attached to an aromatic ring is 2. The summed E-state index contributed by atoms with van der Waals surface area (Å²) in [5.74, 6) is 2.44. The highest BCUT2D eigenvalue weighted by atomic mass is 19.1. The summed E-state index contributed by atoms with van der Waals surface area (Å²) in [5, 5.41) is 25.0. The summed E-state index contributed by atoms with van der Waals surface area (Å²) in [6.45, 7) is 3.72. The van der Waals surface area contributed by atoms with Crippen molar-refractivity contribution in [3.63, 3.8) is 0 Å². The Morgan fingerprint density at radius 3 is 1.62 bits per heavy atom. The Balaban J connectivity index is 0.000000172. The number of fused-ring (bicyclic) bond motifs is 2. The number of nitriles is 2. The van der Waals surface area contributed by atoms with Crippen LogP contribution in [0.25, 0.3) is 33.7 Å². The molecule has 0 bridgehead atoms. The van der Waals surface area contributed by atoms with Crippen molar-refractivity contribution in [1.82, 2.24) is 49.0 Å². The summed E-state index contributed by atoms with van der Waals surface area (Å²) in [4.78, 5) is 33.9. The van der Waals surface area contributed by atoms with Gasteiger partial charge in [-0.3, -0.25) is 9.13 Å². The average molecular weight is 749 g/mol. The zero-order valence-corrected chi connectivity index (χ0v) is 29.7. The maximum Gasteiger partial charge on any atom is 0.150 e. The fourth-order valence-electron chi connectivity index (χ4n) is 5.95. The van der Waals surface area contributed by atoms with Gasteiger partial charge in [-0.25, -0.2) is 48.7 Å². The van der Waals surface area contributed by atoms with E-state index in [1.54, 1.807) is 35.2 Å². The van der Waals surface area contributed by atoms with Crippen LogP contribution in [0.15, 0.2) is 97.8 Å². The van der Waals surface area contributed by atoms with Crippen molar-refractivity contribution in [2.75, 3.05) is 22.1 Å². The lowest BCUT2D eigenvalue weighted by Gasteiger charge is -2.17. The van der Waals surface area contributed by atoms with Gasteiger partial charge in [0, 0.05) is 24.5 Å².